The molecule has 1 unspecified atom stereocenters. The molecule has 2 aliphatic heterocycles. The molecule has 1 aliphatic carbocycles. The first-order valence-corrected chi connectivity index (χ1v) is 9.82. The summed E-state index contributed by atoms with van der Waals surface area (Å²) in [5.74, 6) is 1.33. The van der Waals surface area contributed by atoms with Crippen molar-refractivity contribution in [3.05, 3.63) is 54.0 Å². The maximum absolute atomic E-state index is 6.14. The zero-order chi connectivity index (χ0) is 17.3. The fourth-order valence-corrected chi connectivity index (χ4v) is 4.28. The third-order valence-corrected chi connectivity index (χ3v) is 5.84. The van der Waals surface area contributed by atoms with Gasteiger partial charge in [0.25, 0.3) is 0 Å². The van der Waals surface area contributed by atoms with Crippen molar-refractivity contribution in [3.8, 4) is 5.88 Å². The highest BCUT2D eigenvalue weighted by Gasteiger charge is 2.37. The lowest BCUT2D eigenvalue weighted by Gasteiger charge is -2.37. The number of nitrogens with zero attached hydrogens (tertiary/aromatic N) is 4. The minimum Gasteiger partial charge on any atom is -0.472 e. The predicted molar refractivity (Wildman–Crippen MR) is 100 cm³/mol. The van der Waals surface area contributed by atoms with Gasteiger partial charge in [-0.15, -0.1) is 0 Å². The molecule has 0 radical (unpaired) electrons. The van der Waals surface area contributed by atoms with Crippen LogP contribution in [0.5, 0.6) is 5.88 Å². The van der Waals surface area contributed by atoms with Gasteiger partial charge in [-0.2, -0.15) is 0 Å². The van der Waals surface area contributed by atoms with Crippen LogP contribution in [0, 0.1) is 0 Å². The number of rotatable bonds is 5. The number of benzene rings is 1. The van der Waals surface area contributed by atoms with E-state index >= 15 is 0 Å². The van der Waals surface area contributed by atoms with Crippen LogP contribution in [0.1, 0.15) is 36.4 Å². The van der Waals surface area contributed by atoms with Gasteiger partial charge in [0.15, 0.2) is 0 Å². The van der Waals surface area contributed by atoms with Crippen molar-refractivity contribution < 1.29 is 4.74 Å². The highest BCUT2D eigenvalue weighted by Crippen LogP contribution is 2.38. The fraction of sp³-hybridized carbons (Fsp3) is 0.524. The number of hydrogen-bond donors (Lipinski definition) is 0. The first-order chi connectivity index (χ1) is 12.8. The second-order valence-electron chi connectivity index (χ2n) is 7.90. The minimum absolute atomic E-state index is 0.234. The molecule has 2 aromatic rings. The molecule has 1 aromatic heterocycles. The molecule has 3 fully saturated rings. The maximum Gasteiger partial charge on any atom is 0.232 e. The molecule has 5 rings (SSSR count). The van der Waals surface area contributed by atoms with Gasteiger partial charge < -0.3 is 4.74 Å². The van der Waals surface area contributed by atoms with Crippen molar-refractivity contribution in [2.24, 2.45) is 0 Å². The molecule has 0 amide bonds. The first-order valence-electron chi connectivity index (χ1n) is 9.82. The normalized spacial score (nSPS) is 26.6. The van der Waals surface area contributed by atoms with Crippen molar-refractivity contribution in [2.75, 3.05) is 26.2 Å². The van der Waals surface area contributed by atoms with Crippen molar-refractivity contribution in [2.45, 2.75) is 43.9 Å². The molecule has 5 heteroatoms. The Bertz CT molecular complexity index is 731. The Morgan fingerprint density at radius 1 is 1.00 bits per heavy atom. The summed E-state index contributed by atoms with van der Waals surface area (Å²) in [6, 6.07) is 11.4. The van der Waals surface area contributed by atoms with E-state index in [0.29, 0.717) is 17.8 Å². The molecule has 2 saturated heterocycles. The van der Waals surface area contributed by atoms with E-state index in [2.05, 4.69) is 50.1 Å². The molecule has 0 spiro atoms. The van der Waals surface area contributed by atoms with E-state index in [1.54, 1.807) is 0 Å². The molecule has 2 atom stereocenters. The van der Waals surface area contributed by atoms with E-state index in [-0.39, 0.29) is 6.10 Å². The Kier molecular flexibility index (Phi) is 4.35. The van der Waals surface area contributed by atoms with E-state index in [1.165, 1.54) is 18.4 Å². The summed E-state index contributed by atoms with van der Waals surface area (Å²) in [5.41, 5.74) is 2.52. The molecule has 5 nitrogen and oxygen atoms in total. The maximum atomic E-state index is 6.14. The third-order valence-electron chi connectivity index (χ3n) is 5.84. The van der Waals surface area contributed by atoms with E-state index < -0.39 is 0 Å². The van der Waals surface area contributed by atoms with Crippen LogP contribution in [-0.2, 0) is 6.54 Å². The summed E-state index contributed by atoms with van der Waals surface area (Å²) >= 11 is 0. The lowest BCUT2D eigenvalue weighted by molar-refractivity contribution is 0.0977. The van der Waals surface area contributed by atoms with Crippen LogP contribution in [-0.4, -0.2) is 58.1 Å². The Morgan fingerprint density at radius 2 is 1.88 bits per heavy atom. The van der Waals surface area contributed by atoms with E-state index in [0.717, 1.165) is 44.8 Å². The van der Waals surface area contributed by atoms with Crippen molar-refractivity contribution in [1.82, 2.24) is 19.8 Å². The van der Waals surface area contributed by atoms with Crippen molar-refractivity contribution >= 4 is 0 Å². The third kappa shape index (κ3) is 3.60. The topological polar surface area (TPSA) is 41.5 Å². The van der Waals surface area contributed by atoms with Gasteiger partial charge in [0.1, 0.15) is 6.10 Å². The summed E-state index contributed by atoms with van der Waals surface area (Å²) in [5, 5.41) is 0. The molecular formula is C21H26N4O. The van der Waals surface area contributed by atoms with E-state index in [9.17, 15) is 0 Å². The molecular weight excluding hydrogens is 324 g/mol. The molecule has 3 heterocycles. The second-order valence-corrected chi connectivity index (χ2v) is 7.90. The lowest BCUT2D eigenvalue weighted by Crippen LogP contribution is -2.49. The first kappa shape index (κ1) is 16.2. The largest absolute Gasteiger partial charge is 0.472 e. The molecule has 136 valence electrons. The Hall–Kier alpha value is -1.98. The zero-order valence-corrected chi connectivity index (χ0v) is 15.1. The molecule has 0 N–H and O–H groups in total. The highest BCUT2D eigenvalue weighted by molar-refractivity contribution is 5.16. The van der Waals surface area contributed by atoms with Crippen LogP contribution in [0.25, 0.3) is 0 Å². The summed E-state index contributed by atoms with van der Waals surface area (Å²) in [6.07, 6.45) is 7.54. The average molecular weight is 350 g/mol. The molecule has 0 bridgehead atoms. The van der Waals surface area contributed by atoms with Gasteiger partial charge in [0, 0.05) is 51.1 Å². The van der Waals surface area contributed by atoms with Gasteiger partial charge >= 0.3 is 0 Å². The van der Waals surface area contributed by atoms with Crippen LogP contribution in [0.15, 0.2) is 42.7 Å². The second kappa shape index (κ2) is 6.97. The Labute approximate surface area is 155 Å². The number of piperazine rings is 1. The van der Waals surface area contributed by atoms with Gasteiger partial charge in [-0.3, -0.25) is 14.8 Å². The minimum atomic E-state index is 0.234. The average Bonchev–Trinajstić information content (AvgIpc) is 3.44. The SMILES string of the molecule is c1ccc(CN2CCN3CC(Oc4cnc(C5CC5)cn4)C[C@H]3C2)cc1. The Balaban J connectivity index is 1.16. The lowest BCUT2D eigenvalue weighted by atomic mass is 10.1. The standard InChI is InChI=1S/C21H26N4O/c1-2-4-16(5-3-1)13-24-8-9-25-15-19(10-18(25)14-24)26-21-12-22-20(11-23-21)17-6-7-17/h1-5,11-12,17-19H,6-10,13-15H2/t18-,19?/m0/s1. The monoisotopic (exact) mass is 350 g/mol. The van der Waals surface area contributed by atoms with Gasteiger partial charge in [0.2, 0.25) is 5.88 Å². The van der Waals surface area contributed by atoms with Crippen LogP contribution in [0.4, 0.5) is 0 Å². The highest BCUT2D eigenvalue weighted by atomic mass is 16.5. The van der Waals surface area contributed by atoms with Crippen LogP contribution >= 0.6 is 0 Å². The van der Waals surface area contributed by atoms with Gasteiger partial charge in [0.05, 0.1) is 18.1 Å². The van der Waals surface area contributed by atoms with Crippen LogP contribution < -0.4 is 4.74 Å². The summed E-state index contributed by atoms with van der Waals surface area (Å²) in [7, 11) is 0. The van der Waals surface area contributed by atoms with Gasteiger partial charge in [-0.25, -0.2) is 4.98 Å². The summed E-state index contributed by atoms with van der Waals surface area (Å²) in [4.78, 5) is 14.2. The quantitative estimate of drug-likeness (QED) is 0.829. The Morgan fingerprint density at radius 3 is 2.65 bits per heavy atom. The number of ether oxygens (including phenoxy) is 1. The summed E-state index contributed by atoms with van der Waals surface area (Å²) < 4.78 is 6.14. The summed E-state index contributed by atoms with van der Waals surface area (Å²) in [6.45, 7) is 5.44. The van der Waals surface area contributed by atoms with E-state index in [1.807, 2.05) is 12.4 Å². The molecule has 1 saturated carbocycles. The van der Waals surface area contributed by atoms with Gasteiger partial charge in [-0.05, 0) is 18.4 Å². The van der Waals surface area contributed by atoms with Crippen LogP contribution in [0.2, 0.25) is 0 Å². The molecule has 1 aromatic carbocycles. The van der Waals surface area contributed by atoms with Gasteiger partial charge in [-0.1, -0.05) is 30.3 Å². The zero-order valence-electron chi connectivity index (χ0n) is 15.1. The number of hydrogen-bond acceptors (Lipinski definition) is 5. The van der Waals surface area contributed by atoms with Crippen molar-refractivity contribution in [1.29, 1.82) is 0 Å². The van der Waals surface area contributed by atoms with Crippen LogP contribution in [0.3, 0.4) is 0 Å². The predicted octanol–water partition coefficient (Wildman–Crippen LogP) is 2.69. The van der Waals surface area contributed by atoms with Crippen molar-refractivity contribution in [3.63, 3.8) is 0 Å². The number of fused-ring (bicyclic) bond motifs is 1. The van der Waals surface area contributed by atoms with E-state index in [4.69, 9.17) is 4.74 Å². The molecule has 3 aliphatic rings. The smallest absolute Gasteiger partial charge is 0.232 e. The fourth-order valence-electron chi connectivity index (χ4n) is 4.28. The number of aromatic nitrogens is 2. The molecule has 26 heavy (non-hydrogen) atoms.